The van der Waals surface area contributed by atoms with E-state index in [-0.39, 0.29) is 0 Å². The Labute approximate surface area is 171 Å². The third-order valence-electron chi connectivity index (χ3n) is 5.22. The van der Waals surface area contributed by atoms with Crippen molar-refractivity contribution < 1.29 is 0 Å². The number of benzene rings is 2. The zero-order chi connectivity index (χ0) is 20.1. The molecule has 29 heavy (non-hydrogen) atoms. The Morgan fingerprint density at radius 3 is 2.31 bits per heavy atom. The summed E-state index contributed by atoms with van der Waals surface area (Å²) in [4.78, 5) is 11.0. The van der Waals surface area contributed by atoms with Crippen molar-refractivity contribution in [3.63, 3.8) is 0 Å². The van der Waals surface area contributed by atoms with Crippen LogP contribution in [-0.2, 0) is 0 Å². The second-order valence-electron chi connectivity index (χ2n) is 7.45. The number of hydrogen-bond acceptors (Lipinski definition) is 6. The van der Waals surface area contributed by atoms with E-state index in [1.165, 1.54) is 24.9 Å². The van der Waals surface area contributed by atoms with E-state index in [0.29, 0.717) is 17.2 Å². The van der Waals surface area contributed by atoms with Crippen LogP contribution in [0.2, 0.25) is 0 Å². The molecule has 1 aliphatic rings. The first-order valence-corrected chi connectivity index (χ1v) is 9.91. The maximum Gasteiger partial charge on any atom is 0.135 e. The van der Waals surface area contributed by atoms with E-state index in [1.807, 2.05) is 18.2 Å². The quantitative estimate of drug-likeness (QED) is 0.639. The molecule has 0 bridgehead atoms. The smallest absolute Gasteiger partial charge is 0.135 e. The van der Waals surface area contributed by atoms with E-state index in [2.05, 4.69) is 62.8 Å². The summed E-state index contributed by atoms with van der Waals surface area (Å²) in [6.45, 7) is 4.58. The fraction of sp³-hybridized carbons (Fsp3) is 0.261. The van der Waals surface area contributed by atoms with Gasteiger partial charge in [0.25, 0.3) is 0 Å². The Kier molecular flexibility index (Phi) is 5.57. The summed E-state index contributed by atoms with van der Waals surface area (Å²) in [6, 6.07) is 19.8. The van der Waals surface area contributed by atoms with Crippen molar-refractivity contribution in [2.75, 3.05) is 28.6 Å². The van der Waals surface area contributed by atoms with Crippen LogP contribution in [0.25, 0.3) is 0 Å². The Bertz CT molecular complexity index is 1000. The number of nitrogens with one attached hydrogen (secondary N) is 2. The van der Waals surface area contributed by atoms with E-state index in [4.69, 9.17) is 5.26 Å². The van der Waals surface area contributed by atoms with Crippen molar-refractivity contribution in [3.05, 3.63) is 66.5 Å². The number of nitriles is 1. The second kappa shape index (κ2) is 8.61. The summed E-state index contributed by atoms with van der Waals surface area (Å²) in [5.74, 6) is 2.20. The van der Waals surface area contributed by atoms with Crippen LogP contribution in [0.5, 0.6) is 0 Å². The molecule has 1 aromatic heterocycles. The molecule has 2 heterocycles. The fourth-order valence-corrected chi connectivity index (χ4v) is 3.48. The first-order valence-electron chi connectivity index (χ1n) is 9.91. The molecule has 146 valence electrons. The van der Waals surface area contributed by atoms with Crippen molar-refractivity contribution in [3.8, 4) is 6.07 Å². The summed E-state index contributed by atoms with van der Waals surface area (Å²) in [7, 11) is 0. The molecular formula is C23H24N6. The van der Waals surface area contributed by atoms with Crippen LogP contribution < -0.4 is 15.5 Å². The Hall–Kier alpha value is -3.59. The SMILES string of the molecule is CC1CCN(c2ccc(Nc3cc(Nc4cccc(C#N)c4)ncn3)cc2)CC1. The van der Waals surface area contributed by atoms with E-state index >= 15 is 0 Å². The minimum absolute atomic E-state index is 0.602. The minimum atomic E-state index is 0.602. The molecule has 0 unspecified atom stereocenters. The predicted octanol–water partition coefficient (Wildman–Crippen LogP) is 5.07. The molecule has 1 saturated heterocycles. The standard InChI is InChI=1S/C23H24N6/c1-17-9-11-29(12-10-17)21-7-5-19(6-8-21)27-22-14-23(26-16-25-22)28-20-4-2-3-18(13-20)15-24/h2-8,13-14,16-17H,9-12H2,1H3,(H2,25,26,27,28). The summed E-state index contributed by atoms with van der Waals surface area (Å²) in [6.07, 6.45) is 4.03. The van der Waals surface area contributed by atoms with Crippen LogP contribution in [0.15, 0.2) is 60.9 Å². The molecule has 0 radical (unpaired) electrons. The highest BCUT2D eigenvalue weighted by molar-refractivity contribution is 5.65. The molecule has 6 heteroatoms. The first kappa shape index (κ1) is 18.8. The van der Waals surface area contributed by atoms with Crippen molar-refractivity contribution in [1.82, 2.24) is 9.97 Å². The molecule has 3 aromatic rings. The van der Waals surface area contributed by atoms with Gasteiger partial charge in [0.15, 0.2) is 0 Å². The maximum absolute atomic E-state index is 9.03. The number of nitrogens with zero attached hydrogens (tertiary/aromatic N) is 4. The van der Waals surface area contributed by atoms with Crippen molar-refractivity contribution in [2.45, 2.75) is 19.8 Å². The van der Waals surface area contributed by atoms with Gasteiger partial charge in [0.1, 0.15) is 18.0 Å². The number of piperidine rings is 1. The Morgan fingerprint density at radius 1 is 0.931 bits per heavy atom. The third kappa shape index (κ3) is 4.82. The number of rotatable bonds is 5. The van der Waals surface area contributed by atoms with Crippen LogP contribution in [-0.4, -0.2) is 23.1 Å². The topological polar surface area (TPSA) is 76.9 Å². The lowest BCUT2D eigenvalue weighted by molar-refractivity contribution is 0.438. The van der Waals surface area contributed by atoms with Gasteiger partial charge in [0.2, 0.25) is 0 Å². The molecule has 0 atom stereocenters. The lowest BCUT2D eigenvalue weighted by Gasteiger charge is -2.32. The second-order valence-corrected chi connectivity index (χ2v) is 7.45. The van der Waals surface area contributed by atoms with Crippen LogP contribution in [0.1, 0.15) is 25.3 Å². The van der Waals surface area contributed by atoms with E-state index in [1.54, 1.807) is 12.1 Å². The van der Waals surface area contributed by atoms with E-state index in [9.17, 15) is 0 Å². The normalized spacial score (nSPS) is 14.3. The molecular weight excluding hydrogens is 360 g/mol. The lowest BCUT2D eigenvalue weighted by Crippen LogP contribution is -2.32. The number of anilines is 5. The van der Waals surface area contributed by atoms with Gasteiger partial charge < -0.3 is 15.5 Å². The Balaban J connectivity index is 1.42. The van der Waals surface area contributed by atoms with Gasteiger partial charge in [-0.1, -0.05) is 13.0 Å². The summed E-state index contributed by atoms with van der Waals surface area (Å²) in [5, 5.41) is 15.6. The molecule has 2 aromatic carbocycles. The summed E-state index contributed by atoms with van der Waals surface area (Å²) in [5.41, 5.74) is 3.67. The van der Waals surface area contributed by atoms with Crippen LogP contribution in [0, 0.1) is 17.2 Å². The first-order chi connectivity index (χ1) is 14.2. The molecule has 2 N–H and O–H groups in total. The van der Waals surface area contributed by atoms with Crippen molar-refractivity contribution in [2.24, 2.45) is 5.92 Å². The van der Waals surface area contributed by atoms with Crippen LogP contribution in [0.4, 0.5) is 28.7 Å². The Morgan fingerprint density at radius 2 is 1.62 bits per heavy atom. The molecule has 6 nitrogen and oxygen atoms in total. The molecule has 4 rings (SSSR count). The highest BCUT2D eigenvalue weighted by atomic mass is 15.1. The summed E-state index contributed by atoms with van der Waals surface area (Å²) >= 11 is 0. The zero-order valence-corrected chi connectivity index (χ0v) is 16.5. The molecule has 0 saturated carbocycles. The van der Waals surface area contributed by atoms with Gasteiger partial charge in [-0.3, -0.25) is 0 Å². The van der Waals surface area contributed by atoms with Gasteiger partial charge in [-0.2, -0.15) is 5.26 Å². The largest absolute Gasteiger partial charge is 0.372 e. The molecule has 1 aliphatic heterocycles. The zero-order valence-electron chi connectivity index (χ0n) is 16.5. The third-order valence-corrected chi connectivity index (χ3v) is 5.22. The average Bonchev–Trinajstić information content (AvgIpc) is 2.75. The molecule has 0 amide bonds. The maximum atomic E-state index is 9.03. The molecule has 1 fully saturated rings. The van der Waals surface area contributed by atoms with E-state index in [0.717, 1.165) is 30.4 Å². The van der Waals surface area contributed by atoms with Gasteiger partial charge in [-0.15, -0.1) is 0 Å². The van der Waals surface area contributed by atoms with Gasteiger partial charge in [-0.25, -0.2) is 9.97 Å². The lowest BCUT2D eigenvalue weighted by atomic mass is 9.99. The molecule has 0 spiro atoms. The predicted molar refractivity (Wildman–Crippen MR) is 117 cm³/mol. The average molecular weight is 384 g/mol. The highest BCUT2D eigenvalue weighted by Crippen LogP contribution is 2.25. The van der Waals surface area contributed by atoms with Gasteiger partial charge >= 0.3 is 0 Å². The van der Waals surface area contributed by atoms with Gasteiger partial charge in [0, 0.05) is 36.2 Å². The van der Waals surface area contributed by atoms with Crippen LogP contribution in [0.3, 0.4) is 0 Å². The molecule has 0 aliphatic carbocycles. The monoisotopic (exact) mass is 384 g/mol. The highest BCUT2D eigenvalue weighted by Gasteiger charge is 2.15. The van der Waals surface area contributed by atoms with Crippen molar-refractivity contribution >= 4 is 28.7 Å². The van der Waals surface area contributed by atoms with Crippen LogP contribution >= 0.6 is 0 Å². The minimum Gasteiger partial charge on any atom is -0.372 e. The van der Waals surface area contributed by atoms with Gasteiger partial charge in [-0.05, 0) is 61.2 Å². The van der Waals surface area contributed by atoms with E-state index < -0.39 is 0 Å². The van der Waals surface area contributed by atoms with Crippen molar-refractivity contribution in [1.29, 1.82) is 5.26 Å². The summed E-state index contributed by atoms with van der Waals surface area (Å²) < 4.78 is 0. The fourth-order valence-electron chi connectivity index (χ4n) is 3.48. The number of aromatic nitrogens is 2. The number of hydrogen-bond donors (Lipinski definition) is 2. The van der Waals surface area contributed by atoms with Gasteiger partial charge in [0.05, 0.1) is 11.6 Å².